The highest BCUT2D eigenvalue weighted by molar-refractivity contribution is 7.18. The molecule has 0 spiro atoms. The first-order valence-corrected chi connectivity index (χ1v) is 9.80. The van der Waals surface area contributed by atoms with Crippen LogP contribution in [0.4, 0.5) is 5.13 Å². The number of benzene rings is 2. The van der Waals surface area contributed by atoms with Crippen LogP contribution in [0.1, 0.15) is 24.5 Å². The smallest absolute Gasteiger partial charge is 0.267 e. The average molecular weight is 402 g/mol. The highest BCUT2D eigenvalue weighted by Crippen LogP contribution is 2.28. The number of nitrogens with one attached hydrogen (secondary N) is 1. The van der Waals surface area contributed by atoms with E-state index < -0.39 is 6.10 Å². The second-order valence-corrected chi connectivity index (χ2v) is 7.61. The number of carbonyl (C=O) groups excluding carboxylic acids is 1. The van der Waals surface area contributed by atoms with Gasteiger partial charge in [0.25, 0.3) is 5.91 Å². The van der Waals surface area contributed by atoms with Crippen LogP contribution in [0.25, 0.3) is 10.6 Å². The predicted molar refractivity (Wildman–Crippen MR) is 110 cm³/mol. The molecule has 0 bridgehead atoms. The number of hydrogen-bond donors (Lipinski definition) is 1. The van der Waals surface area contributed by atoms with Gasteiger partial charge < -0.3 is 4.74 Å². The lowest BCUT2D eigenvalue weighted by atomic mass is 10.1. The highest BCUT2D eigenvalue weighted by atomic mass is 35.5. The average Bonchev–Trinajstić information content (AvgIpc) is 3.10. The van der Waals surface area contributed by atoms with Gasteiger partial charge in [0.2, 0.25) is 5.13 Å². The molecule has 3 aromatic rings. The molecule has 0 aliphatic heterocycles. The van der Waals surface area contributed by atoms with Gasteiger partial charge in [0.1, 0.15) is 10.8 Å². The van der Waals surface area contributed by atoms with E-state index in [1.54, 1.807) is 12.1 Å². The summed E-state index contributed by atoms with van der Waals surface area (Å²) >= 11 is 7.21. The molecule has 5 nitrogen and oxygen atoms in total. The fourth-order valence-corrected chi connectivity index (χ4v) is 3.45. The Hall–Kier alpha value is -2.44. The molecule has 0 saturated heterocycles. The fraction of sp³-hybridized carbons (Fsp3) is 0.250. The standard InChI is InChI=1S/C20H20ClN3O2S/c1-4-16(26-17-10-5-12(2)11-13(17)3)18(25)22-20-24-23-19(27-20)14-6-8-15(21)9-7-14/h5-11,16H,4H2,1-3H3,(H,22,24,25)/t16-/m0/s1. The van der Waals surface area contributed by atoms with Gasteiger partial charge in [-0.25, -0.2) is 0 Å². The molecule has 7 heteroatoms. The summed E-state index contributed by atoms with van der Waals surface area (Å²) in [5, 5.41) is 12.8. The number of hydrogen-bond acceptors (Lipinski definition) is 5. The molecule has 0 radical (unpaired) electrons. The minimum Gasteiger partial charge on any atom is -0.480 e. The van der Waals surface area contributed by atoms with E-state index in [4.69, 9.17) is 16.3 Å². The summed E-state index contributed by atoms with van der Waals surface area (Å²) in [5.41, 5.74) is 3.05. The van der Waals surface area contributed by atoms with Crippen LogP contribution in [0.15, 0.2) is 42.5 Å². The van der Waals surface area contributed by atoms with Gasteiger partial charge in [0.05, 0.1) is 0 Å². The van der Waals surface area contributed by atoms with E-state index >= 15 is 0 Å². The Morgan fingerprint density at radius 2 is 1.93 bits per heavy atom. The number of nitrogens with zero attached hydrogens (tertiary/aromatic N) is 2. The SMILES string of the molecule is CC[C@H](Oc1ccc(C)cc1C)C(=O)Nc1nnc(-c2ccc(Cl)cc2)s1. The first kappa shape index (κ1) is 19.3. The zero-order chi connectivity index (χ0) is 19.4. The van der Waals surface area contributed by atoms with Crippen molar-refractivity contribution in [3.05, 3.63) is 58.6 Å². The summed E-state index contributed by atoms with van der Waals surface area (Å²) in [5.74, 6) is 0.470. The second-order valence-electron chi connectivity index (χ2n) is 6.19. The van der Waals surface area contributed by atoms with Crippen molar-refractivity contribution < 1.29 is 9.53 Å². The lowest BCUT2D eigenvalue weighted by Crippen LogP contribution is -2.32. The highest BCUT2D eigenvalue weighted by Gasteiger charge is 2.21. The third kappa shape index (κ3) is 4.84. The number of anilines is 1. The van der Waals surface area contributed by atoms with Crippen molar-refractivity contribution >= 4 is 34.0 Å². The van der Waals surface area contributed by atoms with Gasteiger partial charge in [0, 0.05) is 10.6 Å². The lowest BCUT2D eigenvalue weighted by molar-refractivity contribution is -0.122. The normalized spacial score (nSPS) is 11.9. The summed E-state index contributed by atoms with van der Waals surface area (Å²) in [6.07, 6.45) is -0.0589. The number of aryl methyl sites for hydroxylation is 2. The summed E-state index contributed by atoms with van der Waals surface area (Å²) < 4.78 is 5.92. The van der Waals surface area contributed by atoms with Gasteiger partial charge in [-0.2, -0.15) is 0 Å². The van der Waals surface area contributed by atoms with Crippen molar-refractivity contribution in [1.82, 2.24) is 10.2 Å². The molecule has 0 unspecified atom stereocenters. The maximum absolute atomic E-state index is 12.6. The first-order chi connectivity index (χ1) is 13.0. The van der Waals surface area contributed by atoms with Gasteiger partial charge in [0.15, 0.2) is 6.10 Å². The second kappa shape index (κ2) is 8.50. The minimum absolute atomic E-state index is 0.240. The summed E-state index contributed by atoms with van der Waals surface area (Å²) in [4.78, 5) is 12.6. The zero-order valence-electron chi connectivity index (χ0n) is 15.3. The van der Waals surface area contributed by atoms with Gasteiger partial charge >= 0.3 is 0 Å². The molecule has 0 fully saturated rings. The lowest BCUT2D eigenvalue weighted by Gasteiger charge is -2.18. The maximum Gasteiger partial charge on any atom is 0.267 e. The van der Waals surface area contributed by atoms with Crippen LogP contribution in [0, 0.1) is 13.8 Å². The quantitative estimate of drug-likeness (QED) is 0.611. The molecule has 1 heterocycles. The number of ether oxygens (including phenoxy) is 1. The summed E-state index contributed by atoms with van der Waals surface area (Å²) in [6.45, 7) is 5.90. The minimum atomic E-state index is -0.603. The van der Waals surface area contributed by atoms with Crippen LogP contribution in [0.2, 0.25) is 5.02 Å². The van der Waals surface area contributed by atoms with Crippen molar-refractivity contribution in [2.45, 2.75) is 33.3 Å². The predicted octanol–water partition coefficient (Wildman–Crippen LogP) is 5.27. The molecule has 3 rings (SSSR count). The molecule has 1 amide bonds. The largest absolute Gasteiger partial charge is 0.480 e. The third-order valence-corrected chi connectivity index (χ3v) is 5.15. The van der Waals surface area contributed by atoms with Crippen LogP contribution in [-0.2, 0) is 4.79 Å². The van der Waals surface area contributed by atoms with E-state index in [0.29, 0.717) is 27.3 Å². The topological polar surface area (TPSA) is 64.1 Å². The molecule has 2 aromatic carbocycles. The van der Waals surface area contributed by atoms with E-state index in [1.807, 2.05) is 51.1 Å². The van der Waals surface area contributed by atoms with E-state index in [1.165, 1.54) is 11.3 Å². The first-order valence-electron chi connectivity index (χ1n) is 8.60. The molecule has 27 heavy (non-hydrogen) atoms. The Balaban J connectivity index is 1.69. The number of amides is 1. The molecule has 1 atom stereocenters. The molecular weight excluding hydrogens is 382 g/mol. The molecule has 0 aliphatic carbocycles. The van der Waals surface area contributed by atoms with Gasteiger partial charge in [-0.05, 0) is 44.0 Å². The van der Waals surface area contributed by atoms with Crippen LogP contribution in [-0.4, -0.2) is 22.2 Å². The van der Waals surface area contributed by atoms with Gasteiger partial charge in [-0.1, -0.05) is 59.7 Å². The van der Waals surface area contributed by atoms with Crippen LogP contribution >= 0.6 is 22.9 Å². The Kier molecular flexibility index (Phi) is 6.08. The van der Waals surface area contributed by atoms with Crippen molar-refractivity contribution in [2.75, 3.05) is 5.32 Å². The Morgan fingerprint density at radius 1 is 1.19 bits per heavy atom. The fourth-order valence-electron chi connectivity index (χ4n) is 2.58. The molecule has 1 N–H and O–H groups in total. The van der Waals surface area contributed by atoms with Crippen molar-refractivity contribution in [3.8, 4) is 16.3 Å². The molecular formula is C20H20ClN3O2S. The zero-order valence-corrected chi connectivity index (χ0v) is 16.9. The molecule has 0 saturated carbocycles. The van der Waals surface area contributed by atoms with Crippen LogP contribution in [0.5, 0.6) is 5.75 Å². The molecule has 140 valence electrons. The Labute approximate surface area is 167 Å². The monoisotopic (exact) mass is 401 g/mol. The third-order valence-electron chi connectivity index (χ3n) is 4.01. The van der Waals surface area contributed by atoms with E-state index in [0.717, 1.165) is 16.7 Å². The van der Waals surface area contributed by atoms with E-state index in [2.05, 4.69) is 15.5 Å². The van der Waals surface area contributed by atoms with Crippen molar-refractivity contribution in [2.24, 2.45) is 0 Å². The number of halogens is 1. The maximum atomic E-state index is 12.6. The van der Waals surface area contributed by atoms with Crippen molar-refractivity contribution in [1.29, 1.82) is 0 Å². The molecule has 0 aliphatic rings. The van der Waals surface area contributed by atoms with Crippen LogP contribution < -0.4 is 10.1 Å². The van der Waals surface area contributed by atoms with Crippen LogP contribution in [0.3, 0.4) is 0 Å². The number of rotatable bonds is 6. The summed E-state index contributed by atoms with van der Waals surface area (Å²) in [6, 6.07) is 13.2. The van der Waals surface area contributed by atoms with Crippen molar-refractivity contribution in [3.63, 3.8) is 0 Å². The van der Waals surface area contributed by atoms with E-state index in [9.17, 15) is 4.79 Å². The number of aromatic nitrogens is 2. The number of carbonyl (C=O) groups is 1. The summed E-state index contributed by atoms with van der Waals surface area (Å²) in [7, 11) is 0. The Morgan fingerprint density at radius 3 is 2.59 bits per heavy atom. The van der Waals surface area contributed by atoms with Gasteiger partial charge in [-0.15, -0.1) is 10.2 Å². The Bertz CT molecular complexity index is 941. The molecule has 1 aromatic heterocycles. The van der Waals surface area contributed by atoms with E-state index in [-0.39, 0.29) is 5.91 Å². The van der Waals surface area contributed by atoms with Gasteiger partial charge in [-0.3, -0.25) is 10.1 Å².